The monoisotopic (exact) mass is 519 g/mol. The van der Waals surface area contributed by atoms with Crippen LogP contribution in [0.2, 0.25) is 0 Å². The lowest BCUT2D eigenvalue weighted by Gasteiger charge is -2.31. The minimum Gasteiger partial charge on any atom is -0.319 e. The van der Waals surface area contributed by atoms with Crippen LogP contribution in [0.1, 0.15) is 42.5 Å². The molecule has 3 aliphatic heterocycles. The minimum atomic E-state index is -2.55. The van der Waals surface area contributed by atoms with E-state index < -0.39 is 5.92 Å². The van der Waals surface area contributed by atoms with Gasteiger partial charge in [0.25, 0.3) is 11.8 Å². The highest BCUT2D eigenvalue weighted by atomic mass is 19.3. The molecule has 198 valence electrons. The van der Waals surface area contributed by atoms with Gasteiger partial charge in [0, 0.05) is 62.6 Å². The fourth-order valence-corrected chi connectivity index (χ4v) is 5.22. The molecule has 6 rings (SSSR count). The number of fused-ring (bicyclic) bond motifs is 1. The summed E-state index contributed by atoms with van der Waals surface area (Å²) >= 11 is 0. The van der Waals surface area contributed by atoms with Gasteiger partial charge in [-0.05, 0) is 61.3 Å². The van der Waals surface area contributed by atoms with Crippen molar-refractivity contribution < 1.29 is 13.6 Å². The summed E-state index contributed by atoms with van der Waals surface area (Å²) in [4.78, 5) is 26.4. The van der Waals surface area contributed by atoms with Crippen LogP contribution in [0, 0.1) is 0 Å². The van der Waals surface area contributed by atoms with Crippen LogP contribution >= 0.6 is 0 Å². The molecule has 1 unspecified atom stereocenters. The van der Waals surface area contributed by atoms with E-state index in [1.807, 2.05) is 23.1 Å². The number of piperidine rings is 1. The van der Waals surface area contributed by atoms with Gasteiger partial charge in [-0.15, -0.1) is 0 Å². The van der Waals surface area contributed by atoms with Gasteiger partial charge in [-0.25, -0.2) is 8.78 Å². The van der Waals surface area contributed by atoms with Gasteiger partial charge in [-0.2, -0.15) is 5.10 Å². The molecule has 2 aromatic rings. The third-order valence-electron chi connectivity index (χ3n) is 7.62. The SMILES string of the molecule is O=C(Nc1ccc(CN2CCC2)nc1)C1=NNC2CC=C(c3cncc(CN4CCC(F)(F)CC4)c3)C=C12. The first kappa shape index (κ1) is 24.8. The number of hydrogen-bond donors (Lipinski definition) is 2. The van der Waals surface area contributed by atoms with Crippen molar-refractivity contribution in [1.82, 2.24) is 25.2 Å². The van der Waals surface area contributed by atoms with Gasteiger partial charge in [0.2, 0.25) is 0 Å². The molecule has 2 aromatic heterocycles. The van der Waals surface area contributed by atoms with Crippen molar-refractivity contribution in [3.8, 4) is 0 Å². The first-order valence-electron chi connectivity index (χ1n) is 13.2. The summed E-state index contributed by atoms with van der Waals surface area (Å²) in [5.74, 6) is -2.83. The van der Waals surface area contributed by atoms with Crippen molar-refractivity contribution in [1.29, 1.82) is 0 Å². The molecule has 1 amide bonds. The van der Waals surface area contributed by atoms with E-state index in [1.165, 1.54) is 6.42 Å². The fourth-order valence-electron chi connectivity index (χ4n) is 5.22. The Morgan fingerprint density at radius 3 is 2.63 bits per heavy atom. The predicted molar refractivity (Wildman–Crippen MR) is 141 cm³/mol. The van der Waals surface area contributed by atoms with E-state index in [0.29, 0.717) is 37.5 Å². The molecule has 0 spiro atoms. The lowest BCUT2D eigenvalue weighted by Crippen LogP contribution is -2.38. The smallest absolute Gasteiger partial charge is 0.276 e. The molecule has 38 heavy (non-hydrogen) atoms. The second kappa shape index (κ2) is 10.3. The number of hydrazone groups is 1. The molecule has 0 aromatic carbocycles. The van der Waals surface area contributed by atoms with Gasteiger partial charge in [0.05, 0.1) is 23.6 Å². The van der Waals surface area contributed by atoms with E-state index in [2.05, 4.69) is 42.9 Å². The van der Waals surface area contributed by atoms with Crippen LogP contribution in [0.5, 0.6) is 0 Å². The number of alkyl halides is 2. The van der Waals surface area contributed by atoms with E-state index in [1.54, 1.807) is 18.6 Å². The quantitative estimate of drug-likeness (QED) is 0.582. The van der Waals surface area contributed by atoms with Gasteiger partial charge in [0.1, 0.15) is 0 Å². The summed E-state index contributed by atoms with van der Waals surface area (Å²) in [6.07, 6.45) is 11.1. The van der Waals surface area contributed by atoms with E-state index in [9.17, 15) is 13.6 Å². The molecule has 2 N–H and O–H groups in total. The molecule has 1 atom stereocenters. The Balaban J connectivity index is 1.11. The second-order valence-electron chi connectivity index (χ2n) is 10.5. The average Bonchev–Trinajstić information content (AvgIpc) is 3.32. The molecular weight excluding hydrogens is 488 g/mol. The maximum atomic E-state index is 13.5. The van der Waals surface area contributed by atoms with Crippen LogP contribution in [0.3, 0.4) is 0 Å². The number of amides is 1. The highest BCUT2D eigenvalue weighted by Crippen LogP contribution is 2.31. The van der Waals surface area contributed by atoms with Crippen LogP contribution in [0.25, 0.3) is 5.57 Å². The van der Waals surface area contributed by atoms with E-state index in [-0.39, 0.29) is 24.8 Å². The number of rotatable bonds is 7. The highest BCUT2D eigenvalue weighted by Gasteiger charge is 2.34. The summed E-state index contributed by atoms with van der Waals surface area (Å²) in [5.41, 5.74) is 8.78. The zero-order valence-corrected chi connectivity index (χ0v) is 21.2. The standard InChI is InChI=1S/C28H31F2N7O/c29-28(30)6-10-37(11-7-28)17-19-12-21(15-31-14-19)20-2-5-25-24(13-20)26(35-34-25)27(38)33-22-3-4-23(32-16-22)18-36-8-1-9-36/h2-4,12-16,25,34H,1,5-11,17-18H2,(H,33,38). The molecule has 2 saturated heterocycles. The second-order valence-corrected chi connectivity index (χ2v) is 10.5. The third kappa shape index (κ3) is 5.51. The zero-order chi connectivity index (χ0) is 26.1. The number of likely N-dealkylation sites (tertiary alicyclic amines) is 2. The van der Waals surface area contributed by atoms with Gasteiger partial charge in [0.15, 0.2) is 5.71 Å². The molecular formula is C28H31F2N7O. The average molecular weight is 520 g/mol. The maximum absolute atomic E-state index is 13.5. The zero-order valence-electron chi connectivity index (χ0n) is 21.2. The number of carbonyl (C=O) groups excluding carboxylic acids is 1. The lowest BCUT2D eigenvalue weighted by molar-refractivity contribution is -0.110. The van der Waals surface area contributed by atoms with E-state index in [4.69, 9.17) is 0 Å². The molecule has 0 radical (unpaired) electrons. The number of hydrogen-bond acceptors (Lipinski definition) is 7. The van der Waals surface area contributed by atoms with Crippen molar-refractivity contribution in [3.05, 3.63) is 71.3 Å². The predicted octanol–water partition coefficient (Wildman–Crippen LogP) is 3.59. The summed E-state index contributed by atoms with van der Waals surface area (Å²) in [7, 11) is 0. The summed E-state index contributed by atoms with van der Waals surface area (Å²) < 4.78 is 27.0. The van der Waals surface area contributed by atoms with Crippen molar-refractivity contribution in [3.63, 3.8) is 0 Å². The normalized spacial score (nSPS) is 22.9. The summed E-state index contributed by atoms with van der Waals surface area (Å²) in [6.45, 7) is 4.40. The molecule has 1 aliphatic carbocycles. The third-order valence-corrected chi connectivity index (χ3v) is 7.62. The van der Waals surface area contributed by atoms with Gasteiger partial charge < -0.3 is 10.7 Å². The van der Waals surface area contributed by atoms with Crippen LogP contribution in [0.15, 0.2) is 59.6 Å². The molecule has 0 saturated carbocycles. The summed E-state index contributed by atoms with van der Waals surface area (Å²) in [5, 5.41) is 7.25. The Labute approximate surface area is 220 Å². The van der Waals surface area contributed by atoms with Crippen molar-refractivity contribution in [2.75, 3.05) is 31.5 Å². The van der Waals surface area contributed by atoms with Gasteiger partial charge >= 0.3 is 0 Å². The Kier molecular flexibility index (Phi) is 6.75. The number of nitrogens with zero attached hydrogens (tertiary/aromatic N) is 5. The van der Waals surface area contributed by atoms with Crippen molar-refractivity contribution in [2.24, 2.45) is 5.10 Å². The summed E-state index contributed by atoms with van der Waals surface area (Å²) in [6, 6.07) is 5.82. The first-order chi connectivity index (χ1) is 18.4. The Hall–Kier alpha value is -3.50. The van der Waals surface area contributed by atoms with Crippen molar-refractivity contribution in [2.45, 2.75) is 50.7 Å². The van der Waals surface area contributed by atoms with Crippen LogP contribution in [-0.2, 0) is 17.9 Å². The number of aromatic nitrogens is 2. The molecule has 8 nitrogen and oxygen atoms in total. The number of anilines is 1. The fraction of sp³-hybridized carbons (Fsp3) is 0.429. The number of pyridine rings is 2. The molecule has 2 fully saturated rings. The van der Waals surface area contributed by atoms with Crippen LogP contribution in [0.4, 0.5) is 14.5 Å². The number of nitrogens with one attached hydrogen (secondary N) is 2. The van der Waals surface area contributed by atoms with E-state index in [0.717, 1.165) is 47.6 Å². The maximum Gasteiger partial charge on any atom is 0.276 e. The van der Waals surface area contributed by atoms with Gasteiger partial charge in [-0.1, -0.05) is 6.08 Å². The van der Waals surface area contributed by atoms with Crippen LogP contribution in [-0.4, -0.2) is 69.5 Å². The van der Waals surface area contributed by atoms with Crippen molar-refractivity contribution >= 4 is 22.9 Å². The largest absolute Gasteiger partial charge is 0.319 e. The minimum absolute atomic E-state index is 0.0531. The molecule has 0 bridgehead atoms. The number of halogens is 2. The van der Waals surface area contributed by atoms with E-state index >= 15 is 0 Å². The topological polar surface area (TPSA) is 85.8 Å². The Morgan fingerprint density at radius 2 is 1.89 bits per heavy atom. The molecule has 5 heterocycles. The first-order valence-corrected chi connectivity index (χ1v) is 13.2. The molecule has 4 aliphatic rings. The number of allylic oxidation sites excluding steroid dienone is 2. The van der Waals surface area contributed by atoms with Gasteiger partial charge in [-0.3, -0.25) is 24.6 Å². The Bertz CT molecular complexity index is 1290. The number of carbonyl (C=O) groups is 1. The molecule has 10 heteroatoms. The van der Waals surface area contributed by atoms with Crippen LogP contribution < -0.4 is 10.7 Å². The lowest BCUT2D eigenvalue weighted by atomic mass is 9.89. The Morgan fingerprint density at radius 1 is 1.08 bits per heavy atom. The highest BCUT2D eigenvalue weighted by molar-refractivity contribution is 6.49.